The maximum atomic E-state index is 13.9. The number of carbonyl (C=O) groups is 4. The number of nitrogens with zero attached hydrogens (tertiary/aromatic N) is 1. The van der Waals surface area contributed by atoms with Crippen molar-refractivity contribution >= 4 is 41.1 Å². The number of aliphatic hydroxyl groups is 1. The lowest BCUT2D eigenvalue weighted by molar-refractivity contribution is -0.156. The summed E-state index contributed by atoms with van der Waals surface area (Å²) in [6, 6.07) is 3.87. The van der Waals surface area contributed by atoms with Crippen LogP contribution >= 0.6 is 0 Å². The Kier molecular flexibility index (Phi) is 9.37. The van der Waals surface area contributed by atoms with E-state index in [0.717, 1.165) is 13.1 Å². The van der Waals surface area contributed by atoms with Gasteiger partial charge in [-0.1, -0.05) is 13.8 Å². The lowest BCUT2D eigenvalue weighted by Crippen LogP contribution is -2.35. The number of H-pyrrole nitrogens is 1. The number of fused-ring (bicyclic) bond motifs is 1. The minimum absolute atomic E-state index is 0.142. The largest absolute Gasteiger partial charge is 0.479 e. The van der Waals surface area contributed by atoms with Crippen molar-refractivity contribution in [1.82, 2.24) is 15.2 Å². The van der Waals surface area contributed by atoms with Gasteiger partial charge in [0.05, 0.1) is 17.6 Å². The number of esters is 1. The van der Waals surface area contributed by atoms with Crippen LogP contribution in [0, 0.1) is 12.7 Å². The summed E-state index contributed by atoms with van der Waals surface area (Å²) < 4.78 is 19.1. The van der Waals surface area contributed by atoms with Crippen LogP contribution in [0.15, 0.2) is 18.2 Å². The van der Waals surface area contributed by atoms with Crippen LogP contribution in [0.25, 0.3) is 11.6 Å². The lowest BCUT2D eigenvalue weighted by Gasteiger charge is -2.18. The van der Waals surface area contributed by atoms with Crippen LogP contribution in [0.4, 0.5) is 10.1 Å². The number of hydrogen-bond donors (Lipinski definition) is 5. The zero-order chi connectivity index (χ0) is 28.0. The fraction of sp³-hybridized carbons (Fsp3) is 0.385. The second-order valence-electron chi connectivity index (χ2n) is 8.72. The van der Waals surface area contributed by atoms with E-state index in [2.05, 4.69) is 20.5 Å². The smallest absolute Gasteiger partial charge is 0.333 e. The molecule has 0 bridgehead atoms. The van der Waals surface area contributed by atoms with E-state index in [4.69, 9.17) is 9.84 Å². The average molecular weight is 531 g/mol. The minimum atomic E-state index is -1.94. The van der Waals surface area contributed by atoms with Gasteiger partial charge in [0.25, 0.3) is 11.8 Å². The van der Waals surface area contributed by atoms with Crippen LogP contribution in [0.3, 0.4) is 0 Å². The molecule has 204 valence electrons. The van der Waals surface area contributed by atoms with Gasteiger partial charge in [0.2, 0.25) is 0 Å². The Morgan fingerprint density at radius 1 is 1.24 bits per heavy atom. The number of rotatable bonds is 12. The molecule has 0 spiro atoms. The first kappa shape index (κ1) is 28.5. The number of carbonyl (C=O) groups excluding carboxylic acids is 3. The van der Waals surface area contributed by atoms with E-state index in [1.807, 2.05) is 13.8 Å². The highest BCUT2D eigenvalue weighted by Gasteiger charge is 2.28. The molecule has 38 heavy (non-hydrogen) atoms. The number of anilines is 1. The summed E-state index contributed by atoms with van der Waals surface area (Å²) in [4.78, 5) is 54.0. The van der Waals surface area contributed by atoms with Crippen LogP contribution in [0.5, 0.6) is 0 Å². The average Bonchev–Trinajstić information content (AvgIpc) is 3.35. The highest BCUT2D eigenvalue weighted by atomic mass is 19.1. The van der Waals surface area contributed by atoms with Crippen molar-refractivity contribution in [3.05, 3.63) is 52.1 Å². The number of likely N-dealkylation sites (N-methyl/N-ethyl adjacent to an activating group) is 1. The molecule has 1 atom stereocenters. The van der Waals surface area contributed by atoms with E-state index < -0.39 is 48.7 Å². The van der Waals surface area contributed by atoms with Gasteiger partial charge in [-0.05, 0) is 44.3 Å². The number of nitrogens with one attached hydrogen (secondary N) is 3. The number of ether oxygens (including phenoxy) is 1. The van der Waals surface area contributed by atoms with Gasteiger partial charge in [0.15, 0.2) is 6.10 Å². The minimum Gasteiger partial charge on any atom is -0.479 e. The van der Waals surface area contributed by atoms with Crippen LogP contribution in [0.2, 0.25) is 0 Å². The highest BCUT2D eigenvalue weighted by molar-refractivity contribution is 6.34. The Labute approximate surface area is 218 Å². The fourth-order valence-electron chi connectivity index (χ4n) is 4.14. The Morgan fingerprint density at radius 2 is 1.95 bits per heavy atom. The van der Waals surface area contributed by atoms with Crippen molar-refractivity contribution in [3.63, 3.8) is 0 Å². The van der Waals surface area contributed by atoms with Gasteiger partial charge in [-0.3, -0.25) is 14.4 Å². The first-order valence-electron chi connectivity index (χ1n) is 12.2. The number of benzene rings is 1. The Balaban J connectivity index is 1.94. The number of halogens is 1. The molecule has 2 amide bonds. The van der Waals surface area contributed by atoms with Gasteiger partial charge in [0.1, 0.15) is 12.4 Å². The quantitative estimate of drug-likeness (QED) is 0.205. The summed E-state index contributed by atoms with van der Waals surface area (Å²) in [6.45, 7) is 7.85. The summed E-state index contributed by atoms with van der Waals surface area (Å²) in [6.07, 6.45) is -1.28. The predicted octanol–water partition coefficient (Wildman–Crippen LogP) is 1.91. The zero-order valence-corrected chi connectivity index (χ0v) is 21.4. The number of hydrogen-bond acceptors (Lipinski definition) is 7. The molecule has 2 aromatic rings. The van der Waals surface area contributed by atoms with Crippen molar-refractivity contribution in [3.8, 4) is 0 Å². The number of aromatic nitrogens is 1. The molecule has 1 aromatic carbocycles. The standard InChI is InChI=1S/C26H31FN4O7/c1-4-31(5-2)9-8-28-25(35)23-14(3)29-20(18(23)13-38-22(33)12-21(32)26(36)37)11-17-16-10-15(27)6-7-19(16)30-24(17)34/h6-7,10-11,21,29,32H,4-5,8-9,12-13H2,1-3H3,(H,28,35)(H,30,34)(H,36,37)/b17-11+/t21-/m0/s1. The van der Waals surface area contributed by atoms with Gasteiger partial charge in [-0.2, -0.15) is 0 Å². The summed E-state index contributed by atoms with van der Waals surface area (Å²) in [5.41, 5.74) is 2.06. The third-order valence-electron chi connectivity index (χ3n) is 6.23. The SMILES string of the molecule is CCN(CC)CCNC(=O)c1c(C)[nH]c(/C=C2/C(=O)Nc3ccc(F)cc32)c1COC(=O)C[C@H](O)C(=O)O. The Bertz CT molecular complexity index is 1270. The van der Waals surface area contributed by atoms with Crippen LogP contribution in [-0.4, -0.2) is 76.1 Å². The zero-order valence-electron chi connectivity index (χ0n) is 21.4. The number of aromatic amines is 1. The van der Waals surface area contributed by atoms with E-state index >= 15 is 0 Å². The van der Waals surface area contributed by atoms with Crippen molar-refractivity contribution < 1.29 is 38.5 Å². The summed E-state index contributed by atoms with van der Waals surface area (Å²) in [5, 5.41) is 23.8. The molecule has 0 radical (unpaired) electrons. The van der Waals surface area contributed by atoms with Crippen LogP contribution in [0.1, 0.15) is 53.1 Å². The number of aryl methyl sites for hydroxylation is 1. The van der Waals surface area contributed by atoms with Crippen LogP contribution < -0.4 is 10.6 Å². The Morgan fingerprint density at radius 3 is 2.61 bits per heavy atom. The topological polar surface area (TPSA) is 161 Å². The molecule has 1 aromatic heterocycles. The second kappa shape index (κ2) is 12.5. The molecular weight excluding hydrogens is 499 g/mol. The predicted molar refractivity (Wildman–Crippen MR) is 137 cm³/mol. The highest BCUT2D eigenvalue weighted by Crippen LogP contribution is 2.34. The van der Waals surface area contributed by atoms with Gasteiger partial charge in [0, 0.05) is 41.3 Å². The molecule has 0 unspecified atom stereocenters. The van der Waals surface area contributed by atoms with E-state index in [1.54, 1.807) is 6.92 Å². The Hall–Kier alpha value is -4.03. The molecule has 0 fully saturated rings. The van der Waals surface area contributed by atoms with E-state index in [-0.39, 0.29) is 22.4 Å². The molecule has 1 aliphatic rings. The van der Waals surface area contributed by atoms with E-state index in [1.165, 1.54) is 24.3 Å². The molecule has 0 saturated heterocycles. The maximum absolute atomic E-state index is 13.9. The number of carboxylic acids is 1. The fourth-order valence-corrected chi connectivity index (χ4v) is 4.14. The molecule has 3 rings (SSSR count). The van der Waals surface area contributed by atoms with Gasteiger partial charge in [-0.25, -0.2) is 9.18 Å². The number of carboxylic acid groups (broad SMARTS) is 1. The molecule has 0 saturated carbocycles. The summed E-state index contributed by atoms with van der Waals surface area (Å²) in [7, 11) is 0. The molecule has 12 heteroatoms. The first-order chi connectivity index (χ1) is 18.0. The van der Waals surface area contributed by atoms with E-state index in [0.29, 0.717) is 30.0 Å². The molecule has 11 nitrogen and oxygen atoms in total. The van der Waals surface area contributed by atoms with E-state index in [9.17, 15) is 28.7 Å². The molecule has 2 heterocycles. The molecule has 1 aliphatic heterocycles. The molecule has 5 N–H and O–H groups in total. The van der Waals surface area contributed by atoms with Gasteiger partial charge < -0.3 is 35.5 Å². The normalized spacial score (nSPS) is 14.4. The maximum Gasteiger partial charge on any atom is 0.333 e. The van der Waals surface area contributed by atoms with Gasteiger partial charge in [-0.15, -0.1) is 0 Å². The number of amides is 2. The van der Waals surface area contributed by atoms with Gasteiger partial charge >= 0.3 is 11.9 Å². The summed E-state index contributed by atoms with van der Waals surface area (Å²) in [5.74, 6) is -4.01. The lowest BCUT2D eigenvalue weighted by atomic mass is 10.0. The first-order valence-corrected chi connectivity index (χ1v) is 12.2. The van der Waals surface area contributed by atoms with Crippen molar-refractivity contribution in [1.29, 1.82) is 0 Å². The van der Waals surface area contributed by atoms with Crippen molar-refractivity contribution in [2.75, 3.05) is 31.5 Å². The second-order valence-corrected chi connectivity index (χ2v) is 8.72. The number of aliphatic hydroxyl groups excluding tert-OH is 1. The third-order valence-corrected chi connectivity index (χ3v) is 6.23. The van der Waals surface area contributed by atoms with Crippen molar-refractivity contribution in [2.24, 2.45) is 0 Å². The molecular formula is C26H31FN4O7. The third kappa shape index (κ3) is 6.64. The van der Waals surface area contributed by atoms with Crippen molar-refractivity contribution in [2.45, 2.75) is 39.9 Å². The summed E-state index contributed by atoms with van der Waals surface area (Å²) >= 11 is 0. The van der Waals surface area contributed by atoms with Crippen LogP contribution in [-0.2, 0) is 25.7 Å². The number of aliphatic carboxylic acids is 1. The monoisotopic (exact) mass is 530 g/mol. The molecule has 0 aliphatic carbocycles.